The number of hydrogen-bond acceptors (Lipinski definition) is 8. The number of carbonyl (C=O) groups is 1. The van der Waals surface area contributed by atoms with Gasteiger partial charge in [-0.3, -0.25) is 4.79 Å². The first kappa shape index (κ1) is 21.5. The molecule has 2 aliphatic rings. The lowest BCUT2D eigenvalue weighted by atomic mass is 9.93. The number of anilines is 2. The summed E-state index contributed by atoms with van der Waals surface area (Å²) in [6, 6.07) is 15.3. The Bertz CT molecular complexity index is 1160. The Morgan fingerprint density at radius 3 is 2.61 bits per heavy atom. The van der Waals surface area contributed by atoms with Gasteiger partial charge in [0.2, 0.25) is 11.9 Å². The monoisotopic (exact) mass is 445 g/mol. The maximum atomic E-state index is 11.9. The van der Waals surface area contributed by atoms with Gasteiger partial charge in [-0.15, -0.1) is 0 Å². The molecule has 0 radical (unpaired) electrons. The fourth-order valence-corrected chi connectivity index (χ4v) is 4.48. The molecule has 1 N–H and O–H groups in total. The average molecular weight is 446 g/mol. The second-order valence-electron chi connectivity index (χ2n) is 8.34. The molecule has 1 saturated heterocycles. The zero-order valence-corrected chi connectivity index (χ0v) is 18.6. The van der Waals surface area contributed by atoms with Gasteiger partial charge in [0.15, 0.2) is 11.6 Å². The second kappa shape index (κ2) is 9.25. The summed E-state index contributed by atoms with van der Waals surface area (Å²) in [5, 5.41) is 10.3. The van der Waals surface area contributed by atoms with Gasteiger partial charge in [-0.1, -0.05) is 42.5 Å². The molecule has 1 aromatic heterocycles. The van der Waals surface area contributed by atoms with Crippen molar-refractivity contribution in [3.8, 4) is 11.4 Å². The first-order chi connectivity index (χ1) is 16.1. The molecular formula is C25H27N5O3. The number of aliphatic hydroxyl groups excluding tert-OH is 1. The van der Waals surface area contributed by atoms with E-state index in [0.29, 0.717) is 56.1 Å². The molecule has 0 bridgehead atoms. The van der Waals surface area contributed by atoms with Gasteiger partial charge in [0.1, 0.15) is 0 Å². The first-order valence-corrected chi connectivity index (χ1v) is 11.3. The lowest BCUT2D eigenvalue weighted by Gasteiger charge is -2.37. The molecule has 2 aliphatic heterocycles. The summed E-state index contributed by atoms with van der Waals surface area (Å²) in [7, 11) is 0. The zero-order valence-electron chi connectivity index (χ0n) is 18.6. The van der Waals surface area contributed by atoms with E-state index in [0.717, 1.165) is 17.5 Å². The number of fused-ring (bicyclic) bond motifs is 1. The van der Waals surface area contributed by atoms with Gasteiger partial charge >= 0.3 is 0 Å². The Hall–Kier alpha value is -3.36. The number of aromatic nitrogens is 3. The van der Waals surface area contributed by atoms with E-state index in [4.69, 9.17) is 19.7 Å². The number of nitrogens with zero attached hydrogens (tertiary/aromatic N) is 5. The maximum Gasteiger partial charge on any atom is 0.231 e. The minimum absolute atomic E-state index is 0.00693. The van der Waals surface area contributed by atoms with Crippen molar-refractivity contribution < 1.29 is 14.6 Å². The third kappa shape index (κ3) is 4.31. The van der Waals surface area contributed by atoms with Crippen molar-refractivity contribution in [2.75, 3.05) is 49.3 Å². The number of Topliss-reactive ketones (excluding diaryl/α,β-unsaturated/α-hetero) is 1. The van der Waals surface area contributed by atoms with Crippen LogP contribution >= 0.6 is 0 Å². The Morgan fingerprint density at radius 2 is 1.82 bits per heavy atom. The summed E-state index contributed by atoms with van der Waals surface area (Å²) in [6.07, 6.45) is 0.848. The van der Waals surface area contributed by atoms with Crippen molar-refractivity contribution in [2.45, 2.75) is 19.4 Å². The molecule has 0 aliphatic carbocycles. The Labute approximate surface area is 192 Å². The molecule has 0 saturated carbocycles. The van der Waals surface area contributed by atoms with Crippen LogP contribution in [0.2, 0.25) is 0 Å². The molecule has 1 atom stereocenters. The summed E-state index contributed by atoms with van der Waals surface area (Å²) in [5.41, 5.74) is 3.71. The molecule has 2 aromatic carbocycles. The number of hydrogen-bond donors (Lipinski definition) is 1. The predicted octanol–water partition coefficient (Wildman–Crippen LogP) is 2.67. The lowest BCUT2D eigenvalue weighted by Crippen LogP contribution is -2.40. The molecule has 8 heteroatoms. The molecule has 0 spiro atoms. The minimum Gasteiger partial charge on any atom is -0.394 e. The lowest BCUT2D eigenvalue weighted by molar-refractivity contribution is 0.101. The van der Waals surface area contributed by atoms with Crippen LogP contribution in [0.15, 0.2) is 48.5 Å². The minimum atomic E-state index is -0.230. The first-order valence-electron chi connectivity index (χ1n) is 11.3. The van der Waals surface area contributed by atoms with Crippen LogP contribution in [0.25, 0.3) is 11.4 Å². The molecule has 170 valence electrons. The van der Waals surface area contributed by atoms with E-state index in [1.54, 1.807) is 13.0 Å². The molecule has 33 heavy (non-hydrogen) atoms. The van der Waals surface area contributed by atoms with E-state index in [9.17, 15) is 9.90 Å². The second-order valence-corrected chi connectivity index (χ2v) is 8.34. The standard InChI is InChI=1S/C25H27N5O3/c1-17(32)19-6-4-7-20(15-19)23-26-24(29-11-13-33-14-12-29)28-25(27-23)30-10-9-18-5-2-3-8-21(18)22(30)16-31/h2-8,15,22,31H,9-14,16H2,1H3/t22-/m1/s1. The smallest absolute Gasteiger partial charge is 0.231 e. The third-order valence-corrected chi connectivity index (χ3v) is 6.28. The van der Waals surface area contributed by atoms with E-state index in [2.05, 4.69) is 21.9 Å². The highest BCUT2D eigenvalue weighted by molar-refractivity contribution is 5.95. The number of ether oxygens (including phenoxy) is 1. The highest BCUT2D eigenvalue weighted by Gasteiger charge is 2.30. The van der Waals surface area contributed by atoms with Crippen molar-refractivity contribution in [3.63, 3.8) is 0 Å². The van der Waals surface area contributed by atoms with E-state index in [-0.39, 0.29) is 18.4 Å². The van der Waals surface area contributed by atoms with Gasteiger partial charge in [-0.05, 0) is 30.5 Å². The fraction of sp³-hybridized carbons (Fsp3) is 0.360. The Morgan fingerprint density at radius 1 is 1.03 bits per heavy atom. The fourth-order valence-electron chi connectivity index (χ4n) is 4.48. The van der Waals surface area contributed by atoms with Gasteiger partial charge in [0.05, 0.1) is 25.9 Å². The summed E-state index contributed by atoms with van der Waals surface area (Å²) >= 11 is 0. The van der Waals surface area contributed by atoms with Gasteiger partial charge in [0.25, 0.3) is 0 Å². The van der Waals surface area contributed by atoms with E-state index in [1.807, 2.05) is 30.3 Å². The van der Waals surface area contributed by atoms with Crippen LogP contribution in [0.1, 0.15) is 34.5 Å². The van der Waals surface area contributed by atoms with E-state index in [1.165, 1.54) is 5.56 Å². The highest BCUT2D eigenvalue weighted by atomic mass is 16.5. The number of aliphatic hydroxyl groups is 1. The number of morpholine rings is 1. The Kier molecular flexibility index (Phi) is 6.02. The van der Waals surface area contributed by atoms with Crippen LogP contribution in [-0.4, -0.2) is 65.3 Å². The molecule has 0 unspecified atom stereocenters. The third-order valence-electron chi connectivity index (χ3n) is 6.28. The summed E-state index contributed by atoms with van der Waals surface area (Å²) in [5.74, 6) is 1.62. The molecule has 8 nitrogen and oxygen atoms in total. The largest absolute Gasteiger partial charge is 0.394 e. The number of ketones is 1. The summed E-state index contributed by atoms with van der Waals surface area (Å²) in [6.45, 7) is 4.84. The summed E-state index contributed by atoms with van der Waals surface area (Å²) < 4.78 is 5.50. The Balaban J connectivity index is 1.60. The van der Waals surface area contributed by atoms with Crippen molar-refractivity contribution in [1.82, 2.24) is 15.0 Å². The number of benzene rings is 2. The van der Waals surface area contributed by atoms with Gasteiger partial charge in [-0.25, -0.2) is 0 Å². The maximum absolute atomic E-state index is 11.9. The zero-order chi connectivity index (χ0) is 22.8. The van der Waals surface area contributed by atoms with Gasteiger partial charge in [-0.2, -0.15) is 15.0 Å². The van der Waals surface area contributed by atoms with Gasteiger partial charge < -0.3 is 19.6 Å². The van der Waals surface area contributed by atoms with Crippen molar-refractivity contribution in [1.29, 1.82) is 0 Å². The molecule has 3 heterocycles. The molecule has 1 fully saturated rings. The quantitative estimate of drug-likeness (QED) is 0.600. The normalized spacial score (nSPS) is 18.2. The number of rotatable bonds is 5. The molecule has 5 rings (SSSR count). The predicted molar refractivity (Wildman–Crippen MR) is 126 cm³/mol. The topological polar surface area (TPSA) is 91.7 Å². The van der Waals surface area contributed by atoms with Crippen LogP contribution in [-0.2, 0) is 11.2 Å². The van der Waals surface area contributed by atoms with Crippen molar-refractivity contribution in [2.24, 2.45) is 0 Å². The van der Waals surface area contributed by atoms with E-state index < -0.39 is 0 Å². The molecule has 0 amide bonds. The van der Waals surface area contributed by atoms with Crippen LogP contribution in [0.4, 0.5) is 11.9 Å². The molecule has 3 aromatic rings. The number of carbonyl (C=O) groups excluding carboxylic acids is 1. The average Bonchev–Trinajstić information content (AvgIpc) is 2.88. The SMILES string of the molecule is CC(=O)c1cccc(-c2nc(N3CCOCC3)nc(N3CCc4ccccc4[C@H]3CO)n2)c1. The van der Waals surface area contributed by atoms with Crippen LogP contribution < -0.4 is 9.80 Å². The van der Waals surface area contributed by atoms with Crippen LogP contribution in [0.3, 0.4) is 0 Å². The van der Waals surface area contributed by atoms with Crippen molar-refractivity contribution in [3.05, 3.63) is 65.2 Å². The van der Waals surface area contributed by atoms with Crippen LogP contribution in [0, 0.1) is 0 Å². The van der Waals surface area contributed by atoms with Crippen LogP contribution in [0.5, 0.6) is 0 Å². The highest BCUT2D eigenvalue weighted by Crippen LogP contribution is 2.33. The summed E-state index contributed by atoms with van der Waals surface area (Å²) in [4.78, 5) is 30.5. The van der Waals surface area contributed by atoms with E-state index >= 15 is 0 Å². The van der Waals surface area contributed by atoms with Gasteiger partial charge in [0, 0.05) is 30.8 Å². The van der Waals surface area contributed by atoms with Crippen molar-refractivity contribution >= 4 is 17.7 Å². The molecular weight excluding hydrogens is 418 g/mol.